The van der Waals surface area contributed by atoms with Crippen molar-refractivity contribution >= 4 is 11.6 Å². The number of nitrogens with two attached hydrogens (primary N) is 1. The Bertz CT molecular complexity index is 505. The fourth-order valence-electron chi connectivity index (χ4n) is 1.94. The molecule has 3 nitrogen and oxygen atoms in total. The molecule has 0 aliphatic rings. The summed E-state index contributed by atoms with van der Waals surface area (Å²) >= 11 is 6.19. The molecule has 0 saturated heterocycles. The Balaban J connectivity index is 2.22. The summed E-state index contributed by atoms with van der Waals surface area (Å²) in [6, 6.07) is 9.99. The zero-order valence-corrected chi connectivity index (χ0v) is 10.8. The van der Waals surface area contributed by atoms with Gasteiger partial charge in [0.2, 0.25) is 0 Å². The highest BCUT2D eigenvalue weighted by Crippen LogP contribution is 2.24. The molecule has 0 aliphatic heterocycles. The zero-order valence-electron chi connectivity index (χ0n) is 10.0. The molecule has 1 aromatic heterocycles. The monoisotopic (exact) mass is 249 g/mol. The molecular formula is C13H16ClN3. The second-order valence-electron chi connectivity index (χ2n) is 4.20. The molecule has 2 N–H and O–H groups in total. The lowest BCUT2D eigenvalue weighted by Gasteiger charge is -2.11. The summed E-state index contributed by atoms with van der Waals surface area (Å²) in [7, 11) is 1.84. The van der Waals surface area contributed by atoms with Crippen LogP contribution in [0.5, 0.6) is 0 Å². The molecule has 1 aromatic carbocycles. The minimum absolute atomic E-state index is 0.0448. The van der Waals surface area contributed by atoms with Gasteiger partial charge in [0.15, 0.2) is 0 Å². The van der Waals surface area contributed by atoms with Crippen LogP contribution >= 0.6 is 11.6 Å². The molecule has 1 atom stereocenters. The first kappa shape index (κ1) is 12.1. The summed E-state index contributed by atoms with van der Waals surface area (Å²) in [5.41, 5.74) is 9.28. The molecule has 0 amide bonds. The second-order valence-corrected chi connectivity index (χ2v) is 4.56. The Labute approximate surface area is 106 Å². The summed E-state index contributed by atoms with van der Waals surface area (Å²) in [5, 5.41) is 4.96. The molecule has 0 bridgehead atoms. The van der Waals surface area contributed by atoms with Crippen LogP contribution in [0.15, 0.2) is 30.3 Å². The number of aryl methyl sites for hydroxylation is 2. The maximum absolute atomic E-state index is 6.19. The van der Waals surface area contributed by atoms with E-state index >= 15 is 0 Å². The van der Waals surface area contributed by atoms with E-state index in [9.17, 15) is 0 Å². The average Bonchev–Trinajstić information content (AvgIpc) is 2.57. The van der Waals surface area contributed by atoms with Gasteiger partial charge < -0.3 is 5.73 Å². The van der Waals surface area contributed by atoms with Gasteiger partial charge in [0.25, 0.3) is 0 Å². The fraction of sp³-hybridized carbons (Fsp3) is 0.308. The van der Waals surface area contributed by atoms with Gasteiger partial charge in [0.05, 0.1) is 5.69 Å². The summed E-state index contributed by atoms with van der Waals surface area (Å²) in [6.45, 7) is 1.96. The lowest BCUT2D eigenvalue weighted by atomic mass is 10.0. The molecule has 0 fully saturated rings. The third kappa shape index (κ3) is 2.51. The Morgan fingerprint density at radius 2 is 2.00 bits per heavy atom. The van der Waals surface area contributed by atoms with E-state index in [2.05, 4.69) is 5.10 Å². The van der Waals surface area contributed by atoms with E-state index in [1.54, 1.807) is 4.68 Å². The Morgan fingerprint density at radius 1 is 1.35 bits per heavy atom. The van der Waals surface area contributed by atoms with Crippen LogP contribution in [-0.2, 0) is 13.5 Å². The zero-order chi connectivity index (χ0) is 12.4. The maximum atomic E-state index is 6.19. The van der Waals surface area contributed by atoms with Crippen molar-refractivity contribution in [3.8, 4) is 0 Å². The fourth-order valence-corrected chi connectivity index (χ4v) is 2.20. The molecule has 0 saturated carbocycles. The molecule has 4 heteroatoms. The summed E-state index contributed by atoms with van der Waals surface area (Å²) in [6.07, 6.45) is 0.711. The van der Waals surface area contributed by atoms with Gasteiger partial charge in [-0.3, -0.25) is 4.68 Å². The number of rotatable bonds is 3. The predicted octanol–water partition coefficient (Wildman–Crippen LogP) is 2.62. The highest BCUT2D eigenvalue weighted by Gasteiger charge is 2.15. The van der Waals surface area contributed by atoms with Gasteiger partial charge in [-0.15, -0.1) is 0 Å². The minimum Gasteiger partial charge on any atom is -0.324 e. The first-order valence-electron chi connectivity index (χ1n) is 5.58. The lowest BCUT2D eigenvalue weighted by molar-refractivity contribution is 0.718. The molecular weight excluding hydrogens is 234 g/mol. The van der Waals surface area contributed by atoms with Gasteiger partial charge in [-0.25, -0.2) is 0 Å². The number of benzene rings is 1. The van der Waals surface area contributed by atoms with Gasteiger partial charge >= 0.3 is 0 Å². The highest BCUT2D eigenvalue weighted by molar-refractivity contribution is 6.30. The minimum atomic E-state index is -0.0448. The van der Waals surface area contributed by atoms with E-state index < -0.39 is 0 Å². The third-order valence-corrected chi connectivity index (χ3v) is 3.39. The van der Waals surface area contributed by atoms with Crippen molar-refractivity contribution in [1.82, 2.24) is 9.78 Å². The molecule has 90 valence electrons. The topological polar surface area (TPSA) is 43.8 Å². The molecule has 0 radical (unpaired) electrons. The first-order valence-corrected chi connectivity index (χ1v) is 5.96. The van der Waals surface area contributed by atoms with Crippen LogP contribution in [0.4, 0.5) is 0 Å². The SMILES string of the molecule is Cc1nn(C)c(Cl)c1CC(N)c1ccccc1. The number of aromatic nitrogens is 2. The van der Waals surface area contributed by atoms with Gasteiger partial charge in [-0.1, -0.05) is 41.9 Å². The van der Waals surface area contributed by atoms with Crippen molar-refractivity contribution in [2.24, 2.45) is 12.8 Å². The number of halogens is 1. The Morgan fingerprint density at radius 3 is 2.53 bits per heavy atom. The van der Waals surface area contributed by atoms with Crippen molar-refractivity contribution in [3.05, 3.63) is 52.3 Å². The Kier molecular flexibility index (Phi) is 3.50. The second kappa shape index (κ2) is 4.90. The molecule has 0 spiro atoms. The smallest absolute Gasteiger partial charge is 0.130 e. The van der Waals surface area contributed by atoms with E-state index in [0.717, 1.165) is 16.8 Å². The van der Waals surface area contributed by atoms with Crippen LogP contribution in [-0.4, -0.2) is 9.78 Å². The van der Waals surface area contributed by atoms with Crippen molar-refractivity contribution < 1.29 is 0 Å². The standard InChI is InChI=1S/C13H16ClN3/c1-9-11(13(14)17(2)16-9)8-12(15)10-6-4-3-5-7-10/h3-7,12H,8,15H2,1-2H3. The van der Waals surface area contributed by atoms with Gasteiger partial charge in [0, 0.05) is 18.7 Å². The van der Waals surface area contributed by atoms with E-state index in [1.807, 2.05) is 44.3 Å². The number of nitrogens with zero attached hydrogens (tertiary/aromatic N) is 2. The molecule has 1 unspecified atom stereocenters. The van der Waals surface area contributed by atoms with E-state index in [1.165, 1.54) is 0 Å². The molecule has 2 rings (SSSR count). The summed E-state index contributed by atoms with van der Waals surface area (Å²) in [4.78, 5) is 0. The molecule has 1 heterocycles. The highest BCUT2D eigenvalue weighted by atomic mass is 35.5. The lowest BCUT2D eigenvalue weighted by Crippen LogP contribution is -2.13. The van der Waals surface area contributed by atoms with Crippen molar-refractivity contribution in [3.63, 3.8) is 0 Å². The first-order chi connectivity index (χ1) is 8.09. The maximum Gasteiger partial charge on any atom is 0.130 e. The van der Waals surface area contributed by atoms with Crippen LogP contribution in [0, 0.1) is 6.92 Å². The molecule has 17 heavy (non-hydrogen) atoms. The van der Waals surface area contributed by atoms with Crippen LogP contribution in [0.2, 0.25) is 5.15 Å². The van der Waals surface area contributed by atoms with E-state index in [0.29, 0.717) is 11.6 Å². The van der Waals surface area contributed by atoms with Crippen molar-refractivity contribution in [1.29, 1.82) is 0 Å². The van der Waals surface area contributed by atoms with Crippen molar-refractivity contribution in [2.45, 2.75) is 19.4 Å². The quantitative estimate of drug-likeness (QED) is 0.909. The van der Waals surface area contributed by atoms with E-state index in [-0.39, 0.29) is 6.04 Å². The van der Waals surface area contributed by atoms with Crippen LogP contribution < -0.4 is 5.73 Å². The van der Waals surface area contributed by atoms with Crippen molar-refractivity contribution in [2.75, 3.05) is 0 Å². The molecule has 0 aliphatic carbocycles. The predicted molar refractivity (Wildman–Crippen MR) is 70.0 cm³/mol. The summed E-state index contributed by atoms with van der Waals surface area (Å²) in [5.74, 6) is 0. The van der Waals surface area contributed by atoms with Crippen LogP contribution in [0.3, 0.4) is 0 Å². The third-order valence-electron chi connectivity index (χ3n) is 2.92. The van der Waals surface area contributed by atoms with Crippen LogP contribution in [0.25, 0.3) is 0 Å². The van der Waals surface area contributed by atoms with Crippen LogP contribution in [0.1, 0.15) is 22.9 Å². The normalized spacial score (nSPS) is 12.7. The molecule has 2 aromatic rings. The van der Waals surface area contributed by atoms with Gasteiger partial charge in [-0.05, 0) is 18.9 Å². The largest absolute Gasteiger partial charge is 0.324 e. The average molecular weight is 250 g/mol. The summed E-state index contributed by atoms with van der Waals surface area (Å²) < 4.78 is 1.68. The van der Waals surface area contributed by atoms with Gasteiger partial charge in [-0.2, -0.15) is 5.10 Å². The van der Waals surface area contributed by atoms with Gasteiger partial charge in [0.1, 0.15) is 5.15 Å². The van der Waals surface area contributed by atoms with E-state index in [4.69, 9.17) is 17.3 Å². The Hall–Kier alpha value is -1.32. The number of hydrogen-bond acceptors (Lipinski definition) is 2. The number of hydrogen-bond donors (Lipinski definition) is 1.